The lowest BCUT2D eigenvalue weighted by Gasteiger charge is -2.28. The summed E-state index contributed by atoms with van der Waals surface area (Å²) in [5.41, 5.74) is 0. The van der Waals surface area contributed by atoms with Crippen LogP contribution in [0.5, 0.6) is 0 Å². The maximum atomic E-state index is 12.3. The normalized spacial score (nSPS) is 34.7. The van der Waals surface area contributed by atoms with Gasteiger partial charge in [0, 0.05) is 22.3 Å². The van der Waals surface area contributed by atoms with Gasteiger partial charge in [-0.25, -0.2) is 0 Å². The summed E-state index contributed by atoms with van der Waals surface area (Å²) in [5.74, 6) is 1.34. The second-order valence-corrected chi connectivity index (χ2v) is 6.65. The van der Waals surface area contributed by atoms with Gasteiger partial charge in [-0.1, -0.05) is 13.8 Å². The maximum absolute atomic E-state index is 12.3. The standard InChI is InChI=1S/C13H22OS/c1-3-9(4-2)13(14)10-7-11-5-6-12(8-10)15-11/h9-12H,3-8H2,1-2H3. The molecule has 2 bridgehead atoms. The third-order valence-corrected chi connectivity index (χ3v) is 5.71. The minimum atomic E-state index is 0.345. The smallest absolute Gasteiger partial charge is 0.139 e. The molecule has 2 heteroatoms. The van der Waals surface area contributed by atoms with Gasteiger partial charge in [0.25, 0.3) is 0 Å². The average Bonchev–Trinajstić information content (AvgIpc) is 2.59. The number of Topliss-reactive ketones (excluding diaryl/α,β-unsaturated/α-hetero) is 1. The van der Waals surface area contributed by atoms with Gasteiger partial charge in [0.15, 0.2) is 0 Å². The summed E-state index contributed by atoms with van der Waals surface area (Å²) in [6.45, 7) is 4.30. The molecule has 0 aromatic rings. The Kier molecular flexibility index (Phi) is 3.76. The molecule has 2 unspecified atom stereocenters. The van der Waals surface area contributed by atoms with Gasteiger partial charge < -0.3 is 0 Å². The van der Waals surface area contributed by atoms with Gasteiger partial charge in [-0.3, -0.25) is 4.79 Å². The molecule has 0 radical (unpaired) electrons. The highest BCUT2D eigenvalue weighted by molar-refractivity contribution is 8.00. The molecule has 2 heterocycles. The van der Waals surface area contributed by atoms with Gasteiger partial charge >= 0.3 is 0 Å². The Balaban J connectivity index is 1.96. The summed E-state index contributed by atoms with van der Waals surface area (Å²) >= 11 is 2.15. The highest BCUT2D eigenvalue weighted by Gasteiger charge is 2.38. The molecule has 2 saturated heterocycles. The zero-order valence-corrected chi connectivity index (χ0v) is 10.7. The molecule has 1 nitrogen and oxygen atoms in total. The van der Waals surface area contributed by atoms with E-state index in [0.717, 1.165) is 23.3 Å². The van der Waals surface area contributed by atoms with Crippen LogP contribution >= 0.6 is 11.8 Å². The highest BCUT2D eigenvalue weighted by atomic mass is 32.2. The van der Waals surface area contributed by atoms with Crippen molar-refractivity contribution in [3.63, 3.8) is 0 Å². The number of carbonyl (C=O) groups excluding carboxylic acids is 1. The Hall–Kier alpha value is 0.0200. The Bertz CT molecular complexity index is 223. The number of hydrogen-bond acceptors (Lipinski definition) is 2. The first-order valence-electron chi connectivity index (χ1n) is 6.43. The molecule has 86 valence electrons. The molecule has 2 rings (SSSR count). The van der Waals surface area contributed by atoms with Crippen LogP contribution in [-0.4, -0.2) is 16.3 Å². The zero-order valence-electron chi connectivity index (χ0n) is 9.87. The van der Waals surface area contributed by atoms with E-state index in [4.69, 9.17) is 0 Å². The molecule has 0 aromatic carbocycles. The van der Waals surface area contributed by atoms with E-state index < -0.39 is 0 Å². The summed E-state index contributed by atoms with van der Waals surface area (Å²) in [6.07, 6.45) is 7.15. The predicted molar refractivity (Wildman–Crippen MR) is 66.2 cm³/mol. The lowest BCUT2D eigenvalue weighted by molar-refractivity contribution is -0.127. The van der Waals surface area contributed by atoms with Crippen molar-refractivity contribution in [1.29, 1.82) is 0 Å². The number of thioether (sulfide) groups is 1. The summed E-state index contributed by atoms with van der Waals surface area (Å²) < 4.78 is 0. The van der Waals surface area contributed by atoms with E-state index in [2.05, 4.69) is 25.6 Å². The van der Waals surface area contributed by atoms with Gasteiger partial charge in [-0.15, -0.1) is 0 Å². The SMILES string of the molecule is CCC(CC)C(=O)C1CC2CCC(C1)S2. The monoisotopic (exact) mass is 226 g/mol. The van der Waals surface area contributed by atoms with Crippen molar-refractivity contribution in [3.05, 3.63) is 0 Å². The molecule has 0 aromatic heterocycles. The van der Waals surface area contributed by atoms with Gasteiger partial charge in [-0.2, -0.15) is 11.8 Å². The summed E-state index contributed by atoms with van der Waals surface area (Å²) in [6, 6.07) is 0. The van der Waals surface area contributed by atoms with Crippen molar-refractivity contribution in [3.8, 4) is 0 Å². The summed E-state index contributed by atoms with van der Waals surface area (Å²) in [5, 5.41) is 1.62. The predicted octanol–water partition coefficient (Wildman–Crippen LogP) is 3.67. The Morgan fingerprint density at radius 1 is 1.20 bits per heavy atom. The largest absolute Gasteiger partial charge is 0.299 e. The topological polar surface area (TPSA) is 17.1 Å². The minimum absolute atomic E-state index is 0.345. The fourth-order valence-corrected chi connectivity index (χ4v) is 4.89. The van der Waals surface area contributed by atoms with Crippen molar-refractivity contribution in [1.82, 2.24) is 0 Å². The third-order valence-electron chi connectivity index (χ3n) is 4.08. The summed E-state index contributed by atoms with van der Waals surface area (Å²) in [4.78, 5) is 12.3. The molecular formula is C13H22OS. The van der Waals surface area contributed by atoms with E-state index in [0.29, 0.717) is 17.6 Å². The van der Waals surface area contributed by atoms with Crippen LogP contribution < -0.4 is 0 Å². The van der Waals surface area contributed by atoms with Crippen molar-refractivity contribution in [2.75, 3.05) is 0 Å². The quantitative estimate of drug-likeness (QED) is 0.727. The lowest BCUT2D eigenvalue weighted by Crippen LogP contribution is -2.29. The van der Waals surface area contributed by atoms with Crippen LogP contribution in [0.3, 0.4) is 0 Å². The molecule has 0 aliphatic carbocycles. The van der Waals surface area contributed by atoms with Crippen LogP contribution in [0.2, 0.25) is 0 Å². The first kappa shape index (κ1) is 11.5. The van der Waals surface area contributed by atoms with Crippen LogP contribution in [0.15, 0.2) is 0 Å². The Morgan fingerprint density at radius 3 is 2.20 bits per heavy atom. The molecule has 2 aliphatic rings. The zero-order chi connectivity index (χ0) is 10.8. The molecule has 2 atom stereocenters. The average molecular weight is 226 g/mol. The highest BCUT2D eigenvalue weighted by Crippen LogP contribution is 2.46. The number of ketones is 1. The van der Waals surface area contributed by atoms with Gasteiger partial charge in [0.05, 0.1) is 0 Å². The van der Waals surface area contributed by atoms with Crippen molar-refractivity contribution < 1.29 is 4.79 Å². The first-order valence-corrected chi connectivity index (χ1v) is 7.38. The fourth-order valence-electron chi connectivity index (χ4n) is 3.11. The Labute approximate surface area is 97.4 Å². The van der Waals surface area contributed by atoms with Crippen LogP contribution in [0.25, 0.3) is 0 Å². The van der Waals surface area contributed by atoms with Crippen LogP contribution in [0, 0.1) is 11.8 Å². The van der Waals surface area contributed by atoms with E-state index in [1.54, 1.807) is 0 Å². The van der Waals surface area contributed by atoms with Crippen molar-refractivity contribution >= 4 is 17.5 Å². The lowest BCUT2D eigenvalue weighted by atomic mass is 9.84. The van der Waals surface area contributed by atoms with E-state index >= 15 is 0 Å². The van der Waals surface area contributed by atoms with Crippen LogP contribution in [-0.2, 0) is 4.79 Å². The van der Waals surface area contributed by atoms with E-state index in [9.17, 15) is 4.79 Å². The molecule has 2 fully saturated rings. The minimum Gasteiger partial charge on any atom is -0.299 e. The van der Waals surface area contributed by atoms with Gasteiger partial charge in [0.1, 0.15) is 5.78 Å². The van der Waals surface area contributed by atoms with Gasteiger partial charge in [0.2, 0.25) is 0 Å². The summed E-state index contributed by atoms with van der Waals surface area (Å²) in [7, 11) is 0. The Morgan fingerprint density at radius 2 is 1.73 bits per heavy atom. The molecule has 2 aliphatic heterocycles. The van der Waals surface area contributed by atoms with Crippen molar-refractivity contribution in [2.24, 2.45) is 11.8 Å². The molecule has 0 spiro atoms. The molecule has 0 N–H and O–H groups in total. The fraction of sp³-hybridized carbons (Fsp3) is 0.923. The molecule has 0 saturated carbocycles. The number of fused-ring (bicyclic) bond motifs is 2. The second-order valence-electron chi connectivity index (χ2n) is 5.04. The molecule has 0 amide bonds. The van der Waals surface area contributed by atoms with E-state index in [-0.39, 0.29) is 0 Å². The molecule has 15 heavy (non-hydrogen) atoms. The number of rotatable bonds is 4. The van der Waals surface area contributed by atoms with Crippen LogP contribution in [0.1, 0.15) is 52.4 Å². The first-order chi connectivity index (χ1) is 7.24. The number of hydrogen-bond donors (Lipinski definition) is 0. The second kappa shape index (κ2) is 4.90. The number of carbonyl (C=O) groups is 1. The van der Waals surface area contributed by atoms with E-state index in [1.165, 1.54) is 25.7 Å². The van der Waals surface area contributed by atoms with E-state index in [1.807, 2.05) is 0 Å². The molecular weight excluding hydrogens is 204 g/mol. The van der Waals surface area contributed by atoms with Crippen LogP contribution in [0.4, 0.5) is 0 Å². The van der Waals surface area contributed by atoms with Crippen molar-refractivity contribution in [2.45, 2.75) is 62.9 Å². The van der Waals surface area contributed by atoms with Gasteiger partial charge in [-0.05, 0) is 38.5 Å². The third kappa shape index (κ3) is 2.41. The maximum Gasteiger partial charge on any atom is 0.139 e.